The van der Waals surface area contributed by atoms with E-state index in [0.29, 0.717) is 11.9 Å². The molecule has 150 valence electrons. The highest BCUT2D eigenvalue weighted by Gasteiger charge is 2.36. The fourth-order valence-electron chi connectivity index (χ4n) is 4.72. The number of nitrogens with zero attached hydrogens (tertiary/aromatic N) is 5. The lowest BCUT2D eigenvalue weighted by Crippen LogP contribution is -2.51. The van der Waals surface area contributed by atoms with Gasteiger partial charge >= 0.3 is 0 Å². The highest BCUT2D eigenvalue weighted by molar-refractivity contribution is 7.99. The number of anilines is 1. The summed E-state index contributed by atoms with van der Waals surface area (Å²) < 4.78 is 1.98. The van der Waals surface area contributed by atoms with Gasteiger partial charge in [-0.1, -0.05) is 12.1 Å². The smallest absolute Gasteiger partial charge is 0.240 e. The highest BCUT2D eigenvalue weighted by Crippen LogP contribution is 2.27. The summed E-state index contributed by atoms with van der Waals surface area (Å²) in [6.45, 7) is 5.85. The third-order valence-electron chi connectivity index (χ3n) is 6.34. The van der Waals surface area contributed by atoms with Gasteiger partial charge in [-0.2, -0.15) is 5.10 Å². The first kappa shape index (κ1) is 18.3. The maximum atomic E-state index is 12.7. The molecule has 0 bridgehead atoms. The third-order valence-corrected chi connectivity index (χ3v) is 7.30. The summed E-state index contributed by atoms with van der Waals surface area (Å²) in [6, 6.07) is 8.91. The minimum atomic E-state index is 0.00135. The van der Waals surface area contributed by atoms with Crippen LogP contribution in [0.3, 0.4) is 0 Å². The van der Waals surface area contributed by atoms with Crippen molar-refractivity contribution >= 4 is 34.4 Å². The highest BCUT2D eigenvalue weighted by atomic mass is 32.2. The van der Waals surface area contributed by atoms with Crippen LogP contribution < -0.4 is 10.2 Å². The molecule has 4 heterocycles. The van der Waals surface area contributed by atoms with E-state index in [1.165, 1.54) is 10.9 Å². The molecule has 2 atom stereocenters. The Bertz CT molecular complexity index is 855. The van der Waals surface area contributed by atoms with E-state index in [2.05, 4.69) is 39.4 Å². The van der Waals surface area contributed by atoms with E-state index >= 15 is 0 Å². The number of piperazine rings is 1. The molecule has 7 nitrogen and oxygen atoms in total. The van der Waals surface area contributed by atoms with E-state index < -0.39 is 0 Å². The molecule has 5 rings (SSSR count). The molecule has 3 aliphatic rings. The van der Waals surface area contributed by atoms with Gasteiger partial charge in [0.15, 0.2) is 5.82 Å². The number of nitrogens with one attached hydrogen (secondary N) is 1. The zero-order chi connectivity index (χ0) is 19.1. The van der Waals surface area contributed by atoms with E-state index in [0.717, 1.165) is 63.1 Å². The van der Waals surface area contributed by atoms with Crippen LogP contribution in [0, 0.1) is 0 Å². The normalized spacial score (nSPS) is 26.5. The number of hydrogen-bond acceptors (Lipinski definition) is 6. The zero-order valence-corrected chi connectivity index (χ0v) is 17.2. The number of carbonyl (C=O) groups is 1. The van der Waals surface area contributed by atoms with Crippen molar-refractivity contribution in [2.45, 2.75) is 18.5 Å². The number of thioether (sulfide) groups is 1. The molecule has 0 aliphatic carbocycles. The molecule has 1 aromatic carbocycles. The number of aryl methyl sites for hydroxylation is 1. The van der Waals surface area contributed by atoms with Gasteiger partial charge in [-0.25, -0.2) is 0 Å². The minimum absolute atomic E-state index is 0.00135. The molecule has 3 aliphatic heterocycles. The number of amides is 1. The van der Waals surface area contributed by atoms with Gasteiger partial charge in [-0.15, -0.1) is 11.8 Å². The molecule has 1 N–H and O–H groups in total. The number of aromatic nitrogens is 2. The van der Waals surface area contributed by atoms with Crippen molar-refractivity contribution < 1.29 is 4.79 Å². The van der Waals surface area contributed by atoms with E-state index in [1.807, 2.05) is 28.4 Å². The number of fused-ring (bicyclic) bond motifs is 1. The van der Waals surface area contributed by atoms with Crippen molar-refractivity contribution in [1.82, 2.24) is 24.9 Å². The maximum absolute atomic E-state index is 12.7. The molecular formula is C20H28N6OS. The number of benzene rings is 1. The SMILES string of the molecule is Cn1nc(N2CCN([C@@H]3CN[C@H](C(=O)N4CCSC4)C3)CC2)c2ccccc21. The molecule has 28 heavy (non-hydrogen) atoms. The van der Waals surface area contributed by atoms with Gasteiger partial charge in [-0.3, -0.25) is 14.4 Å². The number of rotatable bonds is 3. The van der Waals surface area contributed by atoms with E-state index in [4.69, 9.17) is 5.10 Å². The van der Waals surface area contributed by atoms with Gasteiger partial charge in [0.1, 0.15) is 0 Å². The Labute approximate surface area is 170 Å². The fourth-order valence-corrected chi connectivity index (χ4v) is 5.67. The third kappa shape index (κ3) is 3.27. The molecule has 1 amide bonds. The van der Waals surface area contributed by atoms with Crippen molar-refractivity contribution in [3.63, 3.8) is 0 Å². The Balaban J connectivity index is 1.20. The molecule has 1 aromatic heterocycles. The number of carbonyl (C=O) groups excluding carboxylic acids is 1. The lowest BCUT2D eigenvalue weighted by Gasteiger charge is -2.38. The van der Waals surface area contributed by atoms with Gasteiger partial charge in [0, 0.05) is 63.5 Å². The molecule has 2 aromatic rings. The average Bonchev–Trinajstić information content (AvgIpc) is 3.49. The van der Waals surface area contributed by atoms with Crippen LogP contribution in [-0.4, -0.2) is 88.5 Å². The Hall–Kier alpha value is -1.77. The predicted octanol–water partition coefficient (Wildman–Crippen LogP) is 0.959. The first-order valence-electron chi connectivity index (χ1n) is 10.2. The van der Waals surface area contributed by atoms with Crippen LogP contribution in [0.1, 0.15) is 6.42 Å². The fraction of sp³-hybridized carbons (Fsp3) is 0.600. The predicted molar refractivity (Wildman–Crippen MR) is 114 cm³/mol. The van der Waals surface area contributed by atoms with Crippen LogP contribution in [0.2, 0.25) is 0 Å². The maximum Gasteiger partial charge on any atom is 0.240 e. The summed E-state index contributed by atoms with van der Waals surface area (Å²) in [5.41, 5.74) is 1.18. The molecule has 0 saturated carbocycles. The molecule has 0 spiro atoms. The monoisotopic (exact) mass is 400 g/mol. The van der Waals surface area contributed by atoms with Crippen molar-refractivity contribution in [2.24, 2.45) is 7.05 Å². The Morgan fingerprint density at radius 2 is 2.00 bits per heavy atom. The summed E-state index contributed by atoms with van der Waals surface area (Å²) in [7, 11) is 2.02. The quantitative estimate of drug-likeness (QED) is 0.828. The van der Waals surface area contributed by atoms with Gasteiger partial charge in [0.2, 0.25) is 5.91 Å². The Kier molecular flexibility index (Phi) is 4.94. The van der Waals surface area contributed by atoms with Gasteiger partial charge in [0.05, 0.1) is 17.4 Å². The van der Waals surface area contributed by atoms with Crippen LogP contribution in [0.5, 0.6) is 0 Å². The van der Waals surface area contributed by atoms with Gasteiger partial charge in [-0.05, 0) is 18.6 Å². The molecule has 0 radical (unpaired) electrons. The Morgan fingerprint density at radius 3 is 2.79 bits per heavy atom. The van der Waals surface area contributed by atoms with Crippen LogP contribution in [-0.2, 0) is 11.8 Å². The van der Waals surface area contributed by atoms with Crippen LogP contribution in [0.15, 0.2) is 24.3 Å². The topological polar surface area (TPSA) is 56.6 Å². The van der Waals surface area contributed by atoms with Crippen LogP contribution >= 0.6 is 11.8 Å². The van der Waals surface area contributed by atoms with E-state index in [9.17, 15) is 4.79 Å². The first-order chi connectivity index (χ1) is 13.7. The molecule has 0 unspecified atom stereocenters. The summed E-state index contributed by atoms with van der Waals surface area (Å²) in [5.74, 6) is 3.33. The summed E-state index contributed by atoms with van der Waals surface area (Å²) in [4.78, 5) is 19.6. The van der Waals surface area contributed by atoms with E-state index in [-0.39, 0.29) is 6.04 Å². The number of para-hydroxylation sites is 1. The van der Waals surface area contributed by atoms with E-state index in [1.54, 1.807) is 0 Å². The lowest BCUT2D eigenvalue weighted by molar-refractivity contribution is -0.131. The molecule has 8 heteroatoms. The summed E-state index contributed by atoms with van der Waals surface area (Å²) >= 11 is 1.85. The lowest BCUT2D eigenvalue weighted by atomic mass is 10.1. The van der Waals surface area contributed by atoms with Gasteiger partial charge in [0.25, 0.3) is 0 Å². The van der Waals surface area contributed by atoms with Crippen LogP contribution in [0.25, 0.3) is 10.9 Å². The number of hydrogen-bond donors (Lipinski definition) is 1. The second kappa shape index (κ2) is 7.57. The minimum Gasteiger partial charge on any atom is -0.352 e. The molecular weight excluding hydrogens is 372 g/mol. The Morgan fingerprint density at radius 1 is 1.18 bits per heavy atom. The van der Waals surface area contributed by atoms with Crippen molar-refractivity contribution in [2.75, 3.05) is 55.8 Å². The summed E-state index contributed by atoms with van der Waals surface area (Å²) in [5, 5.41) is 9.49. The van der Waals surface area contributed by atoms with Crippen molar-refractivity contribution in [3.8, 4) is 0 Å². The first-order valence-corrected chi connectivity index (χ1v) is 11.4. The second-order valence-corrected chi connectivity index (χ2v) is 9.05. The summed E-state index contributed by atoms with van der Waals surface area (Å²) in [6.07, 6.45) is 0.937. The standard InChI is InChI=1S/C20H28N6OS/c1-23-18-5-3-2-4-16(18)19(22-23)25-8-6-24(7-9-25)15-12-17(21-13-15)20(27)26-10-11-28-14-26/h2-5,15,17,21H,6-14H2,1H3/t15-,17-/m0/s1. The van der Waals surface area contributed by atoms with Crippen LogP contribution in [0.4, 0.5) is 5.82 Å². The second-order valence-electron chi connectivity index (χ2n) is 7.98. The van der Waals surface area contributed by atoms with Gasteiger partial charge < -0.3 is 15.1 Å². The van der Waals surface area contributed by atoms with Crippen molar-refractivity contribution in [3.05, 3.63) is 24.3 Å². The molecule has 3 fully saturated rings. The van der Waals surface area contributed by atoms with Crippen molar-refractivity contribution in [1.29, 1.82) is 0 Å². The largest absolute Gasteiger partial charge is 0.352 e. The zero-order valence-electron chi connectivity index (χ0n) is 16.4. The average molecular weight is 401 g/mol. The molecule has 3 saturated heterocycles.